The first-order valence-corrected chi connectivity index (χ1v) is 8.51. The second-order valence-corrected chi connectivity index (χ2v) is 6.60. The van der Waals surface area contributed by atoms with Crippen LogP contribution in [0.4, 0.5) is 5.95 Å². The Morgan fingerprint density at radius 1 is 1.16 bits per heavy atom. The summed E-state index contributed by atoms with van der Waals surface area (Å²) in [7, 11) is 0. The van der Waals surface area contributed by atoms with Gasteiger partial charge >= 0.3 is 5.97 Å². The first-order valence-electron chi connectivity index (χ1n) is 8.51. The Labute approximate surface area is 145 Å². The van der Waals surface area contributed by atoms with E-state index in [0.29, 0.717) is 18.8 Å². The molecule has 1 aromatic heterocycles. The van der Waals surface area contributed by atoms with Crippen LogP contribution in [0.1, 0.15) is 34.6 Å². The Morgan fingerprint density at radius 3 is 2.68 bits per heavy atom. The average molecular weight is 349 g/mol. The Balaban J connectivity index is 1.81. The zero-order chi connectivity index (χ0) is 18.0. The molecule has 2 heterocycles. The molecule has 0 radical (unpaired) electrons. The summed E-state index contributed by atoms with van der Waals surface area (Å²) in [4.78, 5) is 35.5. The van der Waals surface area contributed by atoms with Crippen LogP contribution in [0.15, 0.2) is 0 Å². The molecule has 1 amide bonds. The van der Waals surface area contributed by atoms with Crippen LogP contribution >= 0.6 is 0 Å². The summed E-state index contributed by atoms with van der Waals surface area (Å²) in [6, 6.07) is 0. The van der Waals surface area contributed by atoms with Crippen molar-refractivity contribution in [1.29, 1.82) is 0 Å². The SMILES string of the molecule is Nc1nc2c(c(C(=O)N3CCN(CC(=O)O)C[C@@H](O)C3)n1)CCCC2. The number of anilines is 1. The van der Waals surface area contributed by atoms with Gasteiger partial charge in [-0.25, -0.2) is 9.97 Å². The van der Waals surface area contributed by atoms with Crippen LogP contribution in [0.25, 0.3) is 0 Å². The lowest BCUT2D eigenvalue weighted by molar-refractivity contribution is -0.138. The summed E-state index contributed by atoms with van der Waals surface area (Å²) >= 11 is 0. The number of hydrogen-bond donors (Lipinski definition) is 3. The number of carbonyl (C=O) groups excluding carboxylic acids is 1. The highest BCUT2D eigenvalue weighted by Crippen LogP contribution is 2.24. The maximum atomic E-state index is 13.0. The standard InChI is InChI=1S/C16H23N5O4/c17-16-18-12-4-2-1-3-11(12)14(19-16)15(25)21-6-5-20(9-13(23)24)7-10(22)8-21/h10,22H,1-9H2,(H,23,24)(H2,17,18,19)/t10-/m1/s1. The molecule has 4 N–H and O–H groups in total. The van der Waals surface area contributed by atoms with E-state index in [-0.39, 0.29) is 31.5 Å². The first-order chi connectivity index (χ1) is 11.9. The largest absolute Gasteiger partial charge is 0.480 e. The topological polar surface area (TPSA) is 133 Å². The molecule has 1 atom stereocenters. The lowest BCUT2D eigenvalue weighted by Crippen LogP contribution is -2.39. The lowest BCUT2D eigenvalue weighted by Gasteiger charge is -2.24. The number of aromatic nitrogens is 2. The van der Waals surface area contributed by atoms with Crippen LogP contribution in [-0.4, -0.2) is 80.7 Å². The molecule has 136 valence electrons. The van der Waals surface area contributed by atoms with Crippen molar-refractivity contribution in [1.82, 2.24) is 19.8 Å². The molecule has 1 aliphatic carbocycles. The average Bonchev–Trinajstić information content (AvgIpc) is 2.74. The predicted octanol–water partition coefficient (Wildman–Crippen LogP) is -0.859. The first kappa shape index (κ1) is 17.6. The van der Waals surface area contributed by atoms with Gasteiger partial charge in [0.25, 0.3) is 5.91 Å². The van der Waals surface area contributed by atoms with Crippen LogP contribution in [0.2, 0.25) is 0 Å². The minimum absolute atomic E-state index is 0.0897. The highest BCUT2D eigenvalue weighted by atomic mass is 16.4. The molecule has 0 aromatic carbocycles. The number of nitrogens with two attached hydrogens (primary N) is 1. The number of rotatable bonds is 3. The Kier molecular flexibility index (Phi) is 5.14. The molecule has 1 fully saturated rings. The van der Waals surface area contributed by atoms with Gasteiger partial charge in [0, 0.05) is 37.4 Å². The van der Waals surface area contributed by atoms with E-state index < -0.39 is 12.1 Å². The van der Waals surface area contributed by atoms with Crippen molar-refractivity contribution in [3.05, 3.63) is 17.0 Å². The number of aliphatic hydroxyl groups excluding tert-OH is 1. The normalized spacial score (nSPS) is 21.5. The van der Waals surface area contributed by atoms with E-state index in [2.05, 4.69) is 9.97 Å². The molecule has 0 unspecified atom stereocenters. The Hall–Kier alpha value is -2.26. The van der Waals surface area contributed by atoms with Gasteiger partial charge in [0.05, 0.1) is 12.6 Å². The highest BCUT2D eigenvalue weighted by Gasteiger charge is 2.29. The van der Waals surface area contributed by atoms with Crippen molar-refractivity contribution in [2.24, 2.45) is 0 Å². The monoisotopic (exact) mass is 349 g/mol. The molecule has 1 saturated heterocycles. The van der Waals surface area contributed by atoms with Crippen molar-refractivity contribution >= 4 is 17.8 Å². The Morgan fingerprint density at radius 2 is 1.92 bits per heavy atom. The number of fused-ring (bicyclic) bond motifs is 1. The number of nitrogens with zero attached hydrogens (tertiary/aromatic N) is 4. The summed E-state index contributed by atoms with van der Waals surface area (Å²) in [5.41, 5.74) is 7.78. The minimum Gasteiger partial charge on any atom is -0.480 e. The molecular weight excluding hydrogens is 326 g/mol. The number of aliphatic hydroxyl groups is 1. The summed E-state index contributed by atoms with van der Waals surface area (Å²) in [5, 5.41) is 19.1. The van der Waals surface area contributed by atoms with E-state index in [9.17, 15) is 14.7 Å². The van der Waals surface area contributed by atoms with E-state index in [1.165, 1.54) is 4.90 Å². The molecular formula is C16H23N5O4. The molecule has 9 nitrogen and oxygen atoms in total. The van der Waals surface area contributed by atoms with Gasteiger partial charge in [-0.1, -0.05) is 0 Å². The minimum atomic E-state index is -0.954. The van der Waals surface area contributed by atoms with Crippen molar-refractivity contribution in [2.45, 2.75) is 31.8 Å². The van der Waals surface area contributed by atoms with E-state index >= 15 is 0 Å². The molecule has 2 aliphatic rings. The van der Waals surface area contributed by atoms with Gasteiger partial charge in [0.15, 0.2) is 0 Å². The fourth-order valence-corrected chi connectivity index (χ4v) is 3.51. The third-order valence-electron chi connectivity index (χ3n) is 4.64. The fraction of sp³-hybridized carbons (Fsp3) is 0.625. The van der Waals surface area contributed by atoms with Crippen molar-refractivity contribution in [3.8, 4) is 0 Å². The number of hydrogen-bond acceptors (Lipinski definition) is 7. The summed E-state index contributed by atoms with van der Waals surface area (Å²) in [5.74, 6) is -1.14. The van der Waals surface area contributed by atoms with Crippen LogP contribution in [0, 0.1) is 0 Å². The van der Waals surface area contributed by atoms with Gasteiger partial charge in [-0.3, -0.25) is 14.5 Å². The van der Waals surface area contributed by atoms with E-state index in [4.69, 9.17) is 10.8 Å². The maximum Gasteiger partial charge on any atom is 0.317 e. The molecule has 1 aliphatic heterocycles. The molecule has 0 spiro atoms. The van der Waals surface area contributed by atoms with Crippen LogP contribution in [0.5, 0.6) is 0 Å². The van der Waals surface area contributed by atoms with Gasteiger partial charge < -0.3 is 20.8 Å². The number of amides is 1. The number of aliphatic carboxylic acids is 1. The van der Waals surface area contributed by atoms with Crippen molar-refractivity contribution < 1.29 is 19.8 Å². The number of carbonyl (C=O) groups is 2. The third-order valence-corrected chi connectivity index (χ3v) is 4.64. The van der Waals surface area contributed by atoms with Gasteiger partial charge in [0.1, 0.15) is 5.69 Å². The van der Waals surface area contributed by atoms with Crippen molar-refractivity contribution in [3.63, 3.8) is 0 Å². The molecule has 25 heavy (non-hydrogen) atoms. The van der Waals surface area contributed by atoms with E-state index in [1.54, 1.807) is 4.90 Å². The number of β-amino-alcohol motifs (C(OH)–C–C–N with tert-alkyl or cyclic N) is 1. The number of carboxylic acid groups (broad SMARTS) is 1. The van der Waals surface area contributed by atoms with E-state index in [0.717, 1.165) is 36.9 Å². The summed E-state index contributed by atoms with van der Waals surface area (Å²) < 4.78 is 0. The number of aryl methyl sites for hydroxylation is 1. The van der Waals surface area contributed by atoms with Gasteiger partial charge in [-0.05, 0) is 25.7 Å². The molecule has 3 rings (SSSR count). The summed E-state index contributed by atoms with van der Waals surface area (Å²) in [6.07, 6.45) is 2.73. The number of nitrogen functional groups attached to an aromatic ring is 1. The smallest absolute Gasteiger partial charge is 0.317 e. The molecule has 0 bridgehead atoms. The van der Waals surface area contributed by atoms with Gasteiger partial charge in [-0.2, -0.15) is 0 Å². The third kappa shape index (κ3) is 4.05. The zero-order valence-electron chi connectivity index (χ0n) is 14.0. The molecule has 0 saturated carbocycles. The predicted molar refractivity (Wildman–Crippen MR) is 89.1 cm³/mol. The van der Waals surface area contributed by atoms with Crippen LogP contribution in [-0.2, 0) is 17.6 Å². The Bertz CT molecular complexity index is 681. The van der Waals surface area contributed by atoms with Gasteiger partial charge in [0.2, 0.25) is 5.95 Å². The highest BCUT2D eigenvalue weighted by molar-refractivity contribution is 5.94. The quantitative estimate of drug-likeness (QED) is 0.642. The second-order valence-electron chi connectivity index (χ2n) is 6.60. The van der Waals surface area contributed by atoms with Crippen LogP contribution < -0.4 is 5.73 Å². The molecule has 9 heteroatoms. The van der Waals surface area contributed by atoms with Gasteiger partial charge in [-0.15, -0.1) is 0 Å². The maximum absolute atomic E-state index is 13.0. The second kappa shape index (κ2) is 7.32. The zero-order valence-corrected chi connectivity index (χ0v) is 14.0. The lowest BCUT2D eigenvalue weighted by atomic mass is 9.94. The fourth-order valence-electron chi connectivity index (χ4n) is 3.51. The van der Waals surface area contributed by atoms with Crippen LogP contribution in [0.3, 0.4) is 0 Å². The van der Waals surface area contributed by atoms with E-state index in [1.807, 2.05) is 0 Å². The summed E-state index contributed by atoms with van der Waals surface area (Å²) in [6.45, 7) is 0.933. The van der Waals surface area contributed by atoms with Crippen molar-refractivity contribution in [2.75, 3.05) is 38.5 Å². The molecule has 1 aromatic rings. The number of carboxylic acids is 1.